The lowest BCUT2D eigenvalue weighted by Crippen LogP contribution is -2.06. The summed E-state index contributed by atoms with van der Waals surface area (Å²) in [5, 5.41) is 16.1. The number of ether oxygens (including phenoxy) is 1. The van der Waals surface area contributed by atoms with E-state index in [1.807, 2.05) is 0 Å². The van der Waals surface area contributed by atoms with Gasteiger partial charge in [0.25, 0.3) is 5.69 Å². The Labute approximate surface area is 89.7 Å². The Kier molecular flexibility index (Phi) is 2.37. The van der Waals surface area contributed by atoms with Crippen molar-refractivity contribution in [2.24, 2.45) is 10.2 Å². The number of alkyl halides is 1. The van der Waals surface area contributed by atoms with Gasteiger partial charge in [0.15, 0.2) is 0 Å². The van der Waals surface area contributed by atoms with E-state index in [2.05, 4.69) is 10.2 Å². The van der Waals surface area contributed by atoms with E-state index >= 15 is 0 Å². The van der Waals surface area contributed by atoms with Crippen molar-refractivity contribution in [2.75, 3.05) is 0 Å². The van der Waals surface area contributed by atoms with Crippen molar-refractivity contribution in [3.63, 3.8) is 0 Å². The molecule has 78 valence electrons. The molecule has 0 saturated carbocycles. The first-order chi connectivity index (χ1) is 7.09. The zero-order valence-corrected chi connectivity index (χ0v) is 8.22. The highest BCUT2D eigenvalue weighted by molar-refractivity contribution is 6.23. The molecule has 0 aromatic heterocycles. The van der Waals surface area contributed by atoms with Gasteiger partial charge in [-0.3, -0.25) is 10.1 Å². The Balaban J connectivity index is 1.95. The van der Waals surface area contributed by atoms with E-state index in [0.717, 1.165) is 5.56 Å². The molecule has 0 aliphatic carbocycles. The third kappa shape index (κ3) is 2.48. The maximum atomic E-state index is 10.4. The Bertz CT molecular complexity index is 412. The lowest BCUT2D eigenvalue weighted by molar-refractivity contribution is -0.384. The van der Waals surface area contributed by atoms with Crippen molar-refractivity contribution >= 4 is 17.3 Å². The van der Waals surface area contributed by atoms with Gasteiger partial charge in [0.2, 0.25) is 0 Å². The minimum Gasteiger partial charge on any atom is -0.316 e. The van der Waals surface area contributed by atoms with Crippen molar-refractivity contribution in [1.29, 1.82) is 0 Å². The highest BCUT2D eigenvalue weighted by atomic mass is 35.5. The zero-order chi connectivity index (χ0) is 10.9. The zero-order valence-electron chi connectivity index (χ0n) is 7.46. The van der Waals surface area contributed by atoms with E-state index in [1.54, 1.807) is 12.1 Å². The first-order valence-electron chi connectivity index (χ1n) is 4.09. The largest absolute Gasteiger partial charge is 0.375 e. The fraction of sp³-hybridized carbons (Fsp3) is 0.250. The van der Waals surface area contributed by atoms with Crippen LogP contribution < -0.4 is 0 Å². The second-order valence-electron chi connectivity index (χ2n) is 2.94. The van der Waals surface area contributed by atoms with Crippen molar-refractivity contribution in [3.05, 3.63) is 39.9 Å². The van der Waals surface area contributed by atoms with E-state index in [-0.39, 0.29) is 12.3 Å². The number of non-ortho nitro benzene ring substituents is 1. The number of rotatable bonds is 4. The highest BCUT2D eigenvalue weighted by Crippen LogP contribution is 2.34. The van der Waals surface area contributed by atoms with Gasteiger partial charge >= 0.3 is 5.31 Å². The molecule has 1 heterocycles. The van der Waals surface area contributed by atoms with Crippen LogP contribution >= 0.6 is 11.6 Å². The molecule has 1 aliphatic rings. The van der Waals surface area contributed by atoms with E-state index in [0.29, 0.717) is 0 Å². The molecular formula is C8H6ClN3O3. The summed E-state index contributed by atoms with van der Waals surface area (Å²) in [7, 11) is 0. The molecule has 0 atom stereocenters. The molecule has 0 bridgehead atoms. The van der Waals surface area contributed by atoms with Gasteiger partial charge in [-0.05, 0) is 29.3 Å². The van der Waals surface area contributed by atoms with Crippen molar-refractivity contribution < 1.29 is 9.66 Å². The molecule has 1 aromatic carbocycles. The van der Waals surface area contributed by atoms with Crippen LogP contribution in [0.1, 0.15) is 5.56 Å². The minimum atomic E-state index is -1.22. The Hall–Kier alpha value is -1.53. The van der Waals surface area contributed by atoms with E-state index in [1.165, 1.54) is 12.1 Å². The maximum absolute atomic E-state index is 10.4. The Morgan fingerprint density at radius 3 is 2.47 bits per heavy atom. The topological polar surface area (TPSA) is 77.1 Å². The van der Waals surface area contributed by atoms with Gasteiger partial charge in [-0.15, -0.1) is 10.2 Å². The molecule has 0 fully saturated rings. The predicted molar refractivity (Wildman–Crippen MR) is 51.3 cm³/mol. The monoisotopic (exact) mass is 227 g/mol. The van der Waals surface area contributed by atoms with Crippen LogP contribution in [0.2, 0.25) is 0 Å². The quantitative estimate of drug-likeness (QED) is 0.343. The van der Waals surface area contributed by atoms with Crippen molar-refractivity contribution in [1.82, 2.24) is 0 Å². The van der Waals surface area contributed by atoms with Gasteiger partial charge in [0.1, 0.15) is 0 Å². The molecular weight excluding hydrogens is 222 g/mol. The number of nitro groups is 1. The van der Waals surface area contributed by atoms with Gasteiger partial charge in [0.05, 0.1) is 11.5 Å². The summed E-state index contributed by atoms with van der Waals surface area (Å²) in [6.07, 6.45) is 0. The summed E-state index contributed by atoms with van der Waals surface area (Å²) in [5.41, 5.74) is 0.818. The second-order valence-corrected chi connectivity index (χ2v) is 3.43. The molecule has 0 spiro atoms. The molecule has 2 rings (SSSR count). The number of halogens is 1. The van der Waals surface area contributed by atoms with Crippen molar-refractivity contribution in [2.45, 2.75) is 11.9 Å². The lowest BCUT2D eigenvalue weighted by atomic mass is 10.2. The first-order valence-corrected chi connectivity index (χ1v) is 4.47. The van der Waals surface area contributed by atoms with E-state index in [9.17, 15) is 10.1 Å². The van der Waals surface area contributed by atoms with Crippen LogP contribution in [-0.4, -0.2) is 10.2 Å². The molecule has 0 saturated heterocycles. The predicted octanol–water partition coefficient (Wildman–Crippen LogP) is 2.43. The molecule has 0 unspecified atom stereocenters. The molecule has 15 heavy (non-hydrogen) atoms. The Morgan fingerprint density at radius 2 is 2.00 bits per heavy atom. The average molecular weight is 228 g/mol. The minimum absolute atomic E-state index is 0.0418. The van der Waals surface area contributed by atoms with Crippen LogP contribution in [0.5, 0.6) is 0 Å². The number of nitro benzene ring substituents is 1. The third-order valence-corrected chi connectivity index (χ3v) is 2.09. The summed E-state index contributed by atoms with van der Waals surface area (Å²) < 4.78 is 5.09. The molecule has 0 amide bonds. The highest BCUT2D eigenvalue weighted by Gasteiger charge is 2.39. The molecule has 1 aromatic rings. The summed E-state index contributed by atoms with van der Waals surface area (Å²) >= 11 is 5.61. The fourth-order valence-electron chi connectivity index (χ4n) is 0.986. The summed E-state index contributed by atoms with van der Waals surface area (Å²) in [6.45, 7) is 0.217. The Morgan fingerprint density at radius 1 is 1.40 bits per heavy atom. The average Bonchev–Trinajstić information content (AvgIpc) is 2.95. The van der Waals surface area contributed by atoms with E-state index in [4.69, 9.17) is 16.3 Å². The van der Waals surface area contributed by atoms with Crippen LogP contribution in [0.4, 0.5) is 5.69 Å². The number of benzene rings is 1. The van der Waals surface area contributed by atoms with Crippen LogP contribution in [0.25, 0.3) is 0 Å². The van der Waals surface area contributed by atoms with Gasteiger partial charge < -0.3 is 4.74 Å². The molecule has 7 heteroatoms. The van der Waals surface area contributed by atoms with Crippen LogP contribution in [-0.2, 0) is 11.3 Å². The number of nitrogens with zero attached hydrogens (tertiary/aromatic N) is 3. The normalized spacial score (nSPS) is 16.3. The standard InChI is InChI=1S/C8H6ClN3O3/c9-8(10-11-8)15-5-6-1-3-7(4-2-6)12(13)14/h1-4H,5H2. The van der Waals surface area contributed by atoms with E-state index < -0.39 is 10.2 Å². The van der Waals surface area contributed by atoms with Crippen LogP contribution in [0.15, 0.2) is 34.5 Å². The molecule has 6 nitrogen and oxygen atoms in total. The number of hydrogen-bond donors (Lipinski definition) is 0. The lowest BCUT2D eigenvalue weighted by Gasteiger charge is -2.03. The van der Waals surface area contributed by atoms with Gasteiger partial charge in [-0.1, -0.05) is 0 Å². The maximum Gasteiger partial charge on any atom is 0.375 e. The SMILES string of the molecule is O=[N+]([O-])c1ccc(COC2(Cl)N=N2)cc1. The van der Waals surface area contributed by atoms with Gasteiger partial charge in [0, 0.05) is 12.1 Å². The summed E-state index contributed by atoms with van der Waals surface area (Å²) in [4.78, 5) is 9.90. The molecule has 1 aliphatic heterocycles. The van der Waals surface area contributed by atoms with Gasteiger partial charge in [-0.25, -0.2) is 0 Å². The fourth-order valence-corrected chi connectivity index (χ4v) is 1.08. The van der Waals surface area contributed by atoms with Gasteiger partial charge in [-0.2, -0.15) is 0 Å². The summed E-state index contributed by atoms with van der Waals surface area (Å²) in [6, 6.07) is 6.00. The smallest absolute Gasteiger partial charge is 0.316 e. The number of hydrogen-bond acceptors (Lipinski definition) is 5. The molecule has 0 radical (unpaired) electrons. The third-order valence-electron chi connectivity index (χ3n) is 1.83. The first kappa shape index (κ1) is 10.0. The van der Waals surface area contributed by atoms with Crippen LogP contribution in [0.3, 0.4) is 0 Å². The van der Waals surface area contributed by atoms with Crippen molar-refractivity contribution in [3.8, 4) is 0 Å². The second kappa shape index (κ2) is 3.56. The summed E-state index contributed by atoms with van der Waals surface area (Å²) in [5.74, 6) is 0. The van der Waals surface area contributed by atoms with Crippen LogP contribution in [0, 0.1) is 10.1 Å². The molecule has 0 N–H and O–H groups in total.